The summed E-state index contributed by atoms with van der Waals surface area (Å²) < 4.78 is 11.0. The summed E-state index contributed by atoms with van der Waals surface area (Å²) in [7, 11) is 0. The first-order valence-electron chi connectivity index (χ1n) is 11.9. The molecule has 1 aromatic carbocycles. The number of aliphatic hydroxyl groups is 3. The van der Waals surface area contributed by atoms with Crippen LogP contribution in [0.25, 0.3) is 0 Å². The molecule has 0 bridgehead atoms. The normalized spacial score (nSPS) is 25.4. The predicted octanol–water partition coefficient (Wildman–Crippen LogP) is 2.45. The van der Waals surface area contributed by atoms with Gasteiger partial charge in [0.2, 0.25) is 0 Å². The Morgan fingerprint density at radius 1 is 1.00 bits per heavy atom. The molecule has 0 aromatic heterocycles. The van der Waals surface area contributed by atoms with E-state index in [4.69, 9.17) is 9.47 Å². The van der Waals surface area contributed by atoms with Crippen molar-refractivity contribution in [1.29, 1.82) is 0 Å². The molecule has 8 nitrogen and oxygen atoms in total. The number of benzene rings is 1. The van der Waals surface area contributed by atoms with Crippen molar-refractivity contribution in [3.05, 3.63) is 35.9 Å². The number of rotatable bonds is 14. The summed E-state index contributed by atoms with van der Waals surface area (Å²) in [4.78, 5) is 12.3. The van der Waals surface area contributed by atoms with Crippen LogP contribution in [0.5, 0.6) is 0 Å². The Kier molecular flexibility index (Phi) is 12.6. The lowest BCUT2D eigenvalue weighted by Gasteiger charge is -2.42. The maximum Gasteiger partial charge on any atom is 0.407 e. The first-order valence-corrected chi connectivity index (χ1v) is 11.9. The number of hydrogen-bond donors (Lipinski definition) is 5. The van der Waals surface area contributed by atoms with Crippen LogP contribution in [-0.2, 0) is 16.1 Å². The van der Waals surface area contributed by atoms with Gasteiger partial charge < -0.3 is 30.1 Å². The third-order valence-electron chi connectivity index (χ3n) is 5.80. The molecule has 1 aromatic rings. The molecule has 1 fully saturated rings. The van der Waals surface area contributed by atoms with Gasteiger partial charge in [0.1, 0.15) is 37.2 Å². The van der Waals surface area contributed by atoms with Gasteiger partial charge >= 0.3 is 6.09 Å². The molecule has 5 atom stereocenters. The molecule has 0 spiro atoms. The van der Waals surface area contributed by atoms with Crippen LogP contribution in [0.1, 0.15) is 63.9 Å². The Hall–Kier alpha value is -1.71. The van der Waals surface area contributed by atoms with Crippen molar-refractivity contribution in [3.63, 3.8) is 0 Å². The summed E-state index contributed by atoms with van der Waals surface area (Å²) in [6.45, 7) is 2.51. The quantitative estimate of drug-likeness (QED) is 0.275. The molecule has 1 amide bonds. The van der Waals surface area contributed by atoms with E-state index in [0.717, 1.165) is 18.4 Å². The van der Waals surface area contributed by atoms with Crippen LogP contribution in [0.3, 0.4) is 0 Å². The highest BCUT2D eigenvalue weighted by atomic mass is 16.6. The van der Waals surface area contributed by atoms with Crippen LogP contribution >= 0.6 is 0 Å². The van der Waals surface area contributed by atoms with Gasteiger partial charge in [-0.25, -0.2) is 4.79 Å². The first kappa shape index (κ1) is 26.5. The Morgan fingerprint density at radius 2 is 1.66 bits per heavy atom. The molecular weight excluding hydrogens is 412 g/mol. The van der Waals surface area contributed by atoms with Gasteiger partial charge in [-0.2, -0.15) is 0 Å². The van der Waals surface area contributed by atoms with Crippen molar-refractivity contribution in [2.75, 3.05) is 13.2 Å². The molecule has 1 heterocycles. The number of alkyl carbamates (subject to hydrolysis) is 1. The lowest BCUT2D eigenvalue weighted by molar-refractivity contribution is -0.200. The molecule has 5 N–H and O–H groups in total. The van der Waals surface area contributed by atoms with Crippen LogP contribution in [0.15, 0.2) is 30.3 Å². The highest BCUT2D eigenvalue weighted by Gasteiger charge is 2.45. The van der Waals surface area contributed by atoms with Crippen molar-refractivity contribution < 1.29 is 29.6 Å². The van der Waals surface area contributed by atoms with Gasteiger partial charge in [0.05, 0.1) is 6.61 Å². The number of nitrogens with one attached hydrogen (secondary N) is 2. The van der Waals surface area contributed by atoms with E-state index in [0.29, 0.717) is 6.54 Å². The molecule has 182 valence electrons. The van der Waals surface area contributed by atoms with E-state index in [1.54, 1.807) is 0 Å². The Morgan fingerprint density at radius 3 is 2.31 bits per heavy atom. The summed E-state index contributed by atoms with van der Waals surface area (Å²) in [5.41, 5.74) is 0.841. The fourth-order valence-electron chi connectivity index (χ4n) is 3.86. The number of aliphatic hydroxyl groups excluding tert-OH is 3. The van der Waals surface area contributed by atoms with Gasteiger partial charge in [-0.15, -0.1) is 0 Å². The molecule has 1 aliphatic rings. The third kappa shape index (κ3) is 9.03. The van der Waals surface area contributed by atoms with E-state index in [-0.39, 0.29) is 6.61 Å². The SMILES string of the molecule is CCCCCCCCCCN[C@@H]1O[C@H](CO)[C@H](O)[C@H](O)[C@H]1NC(=O)OCc1ccccc1. The van der Waals surface area contributed by atoms with Crippen molar-refractivity contribution in [2.45, 2.75) is 95.5 Å². The number of hydrogen-bond acceptors (Lipinski definition) is 7. The molecule has 0 aliphatic carbocycles. The maximum absolute atomic E-state index is 12.3. The van der Waals surface area contributed by atoms with Gasteiger partial charge in [-0.1, -0.05) is 82.2 Å². The molecule has 0 unspecified atom stereocenters. The first-order chi connectivity index (χ1) is 15.6. The van der Waals surface area contributed by atoms with E-state index < -0.39 is 43.3 Å². The summed E-state index contributed by atoms with van der Waals surface area (Å²) in [6, 6.07) is 8.36. The van der Waals surface area contributed by atoms with Gasteiger partial charge in [-0.05, 0) is 18.5 Å². The van der Waals surface area contributed by atoms with E-state index in [1.807, 2.05) is 30.3 Å². The largest absolute Gasteiger partial charge is 0.445 e. The summed E-state index contributed by atoms with van der Waals surface area (Å²) in [6.07, 6.45) is 4.50. The third-order valence-corrected chi connectivity index (χ3v) is 5.80. The zero-order valence-corrected chi connectivity index (χ0v) is 19.1. The summed E-state index contributed by atoms with van der Waals surface area (Å²) >= 11 is 0. The molecule has 0 saturated carbocycles. The molecule has 8 heteroatoms. The standard InChI is InChI=1S/C24H40N2O6/c1-2-3-4-5-6-7-8-12-15-25-23-20(22(29)21(28)19(16-27)32-23)26-24(30)31-17-18-13-10-9-11-14-18/h9-11,13-14,19-23,25,27-29H,2-8,12,15-17H2,1H3,(H,26,30)/t19-,20-,21+,22-,23-/m1/s1. The fourth-order valence-corrected chi connectivity index (χ4v) is 3.86. The van der Waals surface area contributed by atoms with Gasteiger partial charge in [-0.3, -0.25) is 5.32 Å². The minimum atomic E-state index is -1.32. The van der Waals surface area contributed by atoms with Gasteiger partial charge in [0, 0.05) is 0 Å². The zero-order valence-electron chi connectivity index (χ0n) is 19.1. The number of unbranched alkanes of at least 4 members (excludes halogenated alkanes) is 7. The summed E-state index contributed by atoms with van der Waals surface area (Å²) in [5, 5.41) is 36.0. The lowest BCUT2D eigenvalue weighted by atomic mass is 9.96. The average Bonchev–Trinajstić information content (AvgIpc) is 2.81. The number of amides is 1. The van der Waals surface area contributed by atoms with Gasteiger partial charge in [0.25, 0.3) is 0 Å². The second-order valence-corrected chi connectivity index (χ2v) is 8.42. The second-order valence-electron chi connectivity index (χ2n) is 8.42. The molecular formula is C24H40N2O6. The molecule has 2 rings (SSSR count). The van der Waals surface area contributed by atoms with Crippen molar-refractivity contribution in [1.82, 2.24) is 10.6 Å². The highest BCUT2D eigenvalue weighted by molar-refractivity contribution is 5.67. The van der Waals surface area contributed by atoms with Crippen LogP contribution < -0.4 is 10.6 Å². The fraction of sp³-hybridized carbons (Fsp3) is 0.708. The monoisotopic (exact) mass is 452 g/mol. The number of carbonyl (C=O) groups excluding carboxylic acids is 1. The van der Waals surface area contributed by atoms with Crippen LogP contribution in [0.2, 0.25) is 0 Å². The van der Waals surface area contributed by atoms with Crippen molar-refractivity contribution in [3.8, 4) is 0 Å². The lowest BCUT2D eigenvalue weighted by Crippen LogP contribution is -2.67. The second kappa shape index (κ2) is 15.2. The topological polar surface area (TPSA) is 120 Å². The van der Waals surface area contributed by atoms with Crippen molar-refractivity contribution in [2.24, 2.45) is 0 Å². The van der Waals surface area contributed by atoms with Crippen LogP contribution in [0, 0.1) is 0 Å². The predicted molar refractivity (Wildman–Crippen MR) is 122 cm³/mol. The van der Waals surface area contributed by atoms with Crippen molar-refractivity contribution >= 4 is 6.09 Å². The molecule has 32 heavy (non-hydrogen) atoms. The van der Waals surface area contributed by atoms with E-state index in [2.05, 4.69) is 17.6 Å². The maximum atomic E-state index is 12.3. The number of ether oxygens (including phenoxy) is 2. The van der Waals surface area contributed by atoms with E-state index in [9.17, 15) is 20.1 Å². The Bertz CT molecular complexity index is 632. The molecule has 0 radical (unpaired) electrons. The summed E-state index contributed by atoms with van der Waals surface area (Å²) in [5.74, 6) is 0. The number of carbonyl (C=O) groups is 1. The van der Waals surface area contributed by atoms with E-state index >= 15 is 0 Å². The Balaban J connectivity index is 1.80. The Labute approximate surface area is 191 Å². The zero-order chi connectivity index (χ0) is 23.2. The van der Waals surface area contributed by atoms with Crippen LogP contribution in [0.4, 0.5) is 4.79 Å². The van der Waals surface area contributed by atoms with E-state index in [1.165, 1.54) is 38.5 Å². The molecule has 1 aliphatic heterocycles. The smallest absolute Gasteiger partial charge is 0.407 e. The average molecular weight is 453 g/mol. The van der Waals surface area contributed by atoms with Gasteiger partial charge in [0.15, 0.2) is 0 Å². The van der Waals surface area contributed by atoms with Crippen LogP contribution in [-0.4, -0.2) is 65.1 Å². The molecule has 1 saturated heterocycles. The highest BCUT2D eigenvalue weighted by Crippen LogP contribution is 2.20. The minimum Gasteiger partial charge on any atom is -0.445 e. The minimum absolute atomic E-state index is 0.0918.